The molecule has 3 amide bonds. The SMILES string of the molecule is N[C@H](C(=O)N[C@@H](CCC(=O)O)C(=O)N[C@@H](CCC(=O)O)C(=O)N[C@@H](CS)C(=O)O)C1CCCCC1. The zero-order chi connectivity index (χ0) is 26.5. The molecule has 0 aromatic carbocycles. The Morgan fingerprint density at radius 3 is 1.57 bits per heavy atom. The summed E-state index contributed by atoms with van der Waals surface area (Å²) in [6, 6.07) is -5.08. The molecule has 0 unspecified atom stereocenters. The highest BCUT2D eigenvalue weighted by molar-refractivity contribution is 7.80. The summed E-state index contributed by atoms with van der Waals surface area (Å²) in [7, 11) is 0. The summed E-state index contributed by atoms with van der Waals surface area (Å²) in [4.78, 5) is 71.4. The van der Waals surface area contributed by atoms with Crippen LogP contribution in [0.15, 0.2) is 0 Å². The third kappa shape index (κ3) is 10.9. The van der Waals surface area contributed by atoms with Gasteiger partial charge in [0.05, 0.1) is 6.04 Å². The number of hydrogen-bond donors (Lipinski definition) is 8. The highest BCUT2D eigenvalue weighted by atomic mass is 32.1. The van der Waals surface area contributed by atoms with Gasteiger partial charge in [0.2, 0.25) is 17.7 Å². The first-order chi connectivity index (χ1) is 16.5. The molecule has 1 saturated carbocycles. The molecule has 0 heterocycles. The fraction of sp³-hybridized carbons (Fsp3) is 0.714. The van der Waals surface area contributed by atoms with Crippen LogP contribution < -0.4 is 21.7 Å². The van der Waals surface area contributed by atoms with E-state index in [2.05, 4.69) is 28.6 Å². The highest BCUT2D eigenvalue weighted by Crippen LogP contribution is 2.25. The minimum Gasteiger partial charge on any atom is -0.481 e. The van der Waals surface area contributed by atoms with E-state index in [0.29, 0.717) is 0 Å². The maximum absolute atomic E-state index is 12.9. The number of aliphatic carboxylic acids is 3. The second kappa shape index (κ2) is 15.2. The fourth-order valence-corrected chi connectivity index (χ4v) is 4.03. The third-order valence-electron chi connectivity index (χ3n) is 5.82. The van der Waals surface area contributed by atoms with Gasteiger partial charge in [-0.1, -0.05) is 19.3 Å². The molecule has 35 heavy (non-hydrogen) atoms. The van der Waals surface area contributed by atoms with E-state index in [1.165, 1.54) is 0 Å². The zero-order valence-corrected chi connectivity index (χ0v) is 20.2. The van der Waals surface area contributed by atoms with Crippen LogP contribution in [0.5, 0.6) is 0 Å². The molecule has 0 radical (unpaired) electrons. The van der Waals surface area contributed by atoms with Gasteiger partial charge in [0, 0.05) is 18.6 Å². The topological polar surface area (TPSA) is 225 Å². The summed E-state index contributed by atoms with van der Waals surface area (Å²) >= 11 is 3.84. The Bertz CT molecular complexity index is 789. The van der Waals surface area contributed by atoms with Crippen LogP contribution in [0, 0.1) is 5.92 Å². The lowest BCUT2D eigenvalue weighted by molar-refractivity contribution is -0.142. The summed E-state index contributed by atoms with van der Waals surface area (Å²) in [5.41, 5.74) is 6.07. The maximum Gasteiger partial charge on any atom is 0.327 e. The molecule has 198 valence electrons. The third-order valence-corrected chi connectivity index (χ3v) is 6.18. The van der Waals surface area contributed by atoms with Crippen LogP contribution in [0.4, 0.5) is 0 Å². The Morgan fingerprint density at radius 1 is 0.743 bits per heavy atom. The van der Waals surface area contributed by atoms with E-state index in [1.807, 2.05) is 0 Å². The van der Waals surface area contributed by atoms with Crippen molar-refractivity contribution in [2.45, 2.75) is 82.0 Å². The van der Waals surface area contributed by atoms with E-state index in [9.17, 15) is 28.8 Å². The van der Waals surface area contributed by atoms with Crippen LogP contribution in [0.2, 0.25) is 0 Å². The Labute approximate surface area is 208 Å². The molecule has 1 aliphatic rings. The largest absolute Gasteiger partial charge is 0.481 e. The highest BCUT2D eigenvalue weighted by Gasteiger charge is 2.32. The first-order valence-electron chi connectivity index (χ1n) is 11.4. The number of carboxylic acids is 3. The van der Waals surface area contributed by atoms with Gasteiger partial charge in [-0.25, -0.2) is 4.79 Å². The molecule has 0 saturated heterocycles. The van der Waals surface area contributed by atoms with Gasteiger partial charge in [-0.15, -0.1) is 0 Å². The lowest BCUT2D eigenvalue weighted by Crippen LogP contribution is -2.58. The molecule has 1 aliphatic carbocycles. The van der Waals surface area contributed by atoms with Gasteiger partial charge in [0.1, 0.15) is 18.1 Å². The number of hydrogen-bond acceptors (Lipinski definition) is 8. The monoisotopic (exact) mass is 518 g/mol. The number of carbonyl (C=O) groups is 6. The van der Waals surface area contributed by atoms with Gasteiger partial charge in [-0.05, 0) is 31.6 Å². The van der Waals surface area contributed by atoms with Crippen molar-refractivity contribution in [1.29, 1.82) is 0 Å². The summed E-state index contributed by atoms with van der Waals surface area (Å²) in [6.07, 6.45) is 2.77. The standard InChI is InChI=1S/C21H34N4O9S/c22-17(11-4-2-1-3-5-11)20(32)24-13(7-9-16(28)29)18(30)23-12(6-8-15(26)27)19(31)25-14(10-35)21(33)34/h11-14,17,35H,1-10,22H2,(H,23,30)(H,24,32)(H,25,31)(H,26,27)(H,28,29)(H,33,34)/t12-,13-,14-,17-/m0/s1. The van der Waals surface area contributed by atoms with Crippen LogP contribution in [0.25, 0.3) is 0 Å². The summed E-state index contributed by atoms with van der Waals surface area (Å²) in [5.74, 6) is -6.67. The lowest BCUT2D eigenvalue weighted by atomic mass is 9.84. The van der Waals surface area contributed by atoms with Crippen molar-refractivity contribution in [2.24, 2.45) is 11.7 Å². The van der Waals surface area contributed by atoms with Gasteiger partial charge in [0.25, 0.3) is 0 Å². The van der Waals surface area contributed by atoms with Crippen molar-refractivity contribution in [3.8, 4) is 0 Å². The van der Waals surface area contributed by atoms with Crippen LogP contribution >= 0.6 is 12.6 Å². The second-order valence-electron chi connectivity index (χ2n) is 8.49. The average Bonchev–Trinajstić information content (AvgIpc) is 2.81. The Kier molecular flexibility index (Phi) is 13.1. The minimum atomic E-state index is -1.45. The molecule has 0 spiro atoms. The van der Waals surface area contributed by atoms with Crippen LogP contribution in [0.1, 0.15) is 57.8 Å². The Balaban J connectivity index is 2.97. The van der Waals surface area contributed by atoms with E-state index >= 15 is 0 Å². The van der Waals surface area contributed by atoms with Gasteiger partial charge >= 0.3 is 17.9 Å². The number of thiol groups is 1. The minimum absolute atomic E-state index is 0.0739. The number of carboxylic acid groups (broad SMARTS) is 3. The summed E-state index contributed by atoms with van der Waals surface area (Å²) in [6.45, 7) is 0. The molecule has 0 bridgehead atoms. The van der Waals surface area contributed by atoms with E-state index in [0.717, 1.165) is 32.1 Å². The number of carbonyl (C=O) groups excluding carboxylic acids is 3. The molecule has 1 rings (SSSR count). The normalized spacial score (nSPS) is 17.3. The van der Waals surface area contributed by atoms with Crippen molar-refractivity contribution < 1.29 is 44.1 Å². The molecular formula is C21H34N4O9S. The molecule has 8 N–H and O–H groups in total. The van der Waals surface area contributed by atoms with E-state index < -0.39 is 72.6 Å². The van der Waals surface area contributed by atoms with Crippen LogP contribution in [-0.2, 0) is 28.8 Å². The van der Waals surface area contributed by atoms with Crippen molar-refractivity contribution in [1.82, 2.24) is 16.0 Å². The van der Waals surface area contributed by atoms with Gasteiger partial charge in [-0.2, -0.15) is 12.6 Å². The second-order valence-corrected chi connectivity index (χ2v) is 8.86. The quantitative estimate of drug-likeness (QED) is 0.125. The molecule has 0 aromatic rings. The number of rotatable bonds is 15. The summed E-state index contributed by atoms with van der Waals surface area (Å²) < 4.78 is 0. The smallest absolute Gasteiger partial charge is 0.327 e. The molecule has 13 nitrogen and oxygen atoms in total. The molecule has 1 fully saturated rings. The summed E-state index contributed by atoms with van der Waals surface area (Å²) in [5, 5.41) is 34.0. The van der Waals surface area contributed by atoms with Crippen molar-refractivity contribution in [2.75, 3.05) is 5.75 Å². The van der Waals surface area contributed by atoms with E-state index in [-0.39, 0.29) is 24.5 Å². The van der Waals surface area contributed by atoms with E-state index in [1.54, 1.807) is 0 Å². The zero-order valence-electron chi connectivity index (χ0n) is 19.3. The molecule has 0 aromatic heterocycles. The first-order valence-corrected chi connectivity index (χ1v) is 12.0. The first kappa shape index (κ1) is 30.2. The maximum atomic E-state index is 12.9. The Morgan fingerprint density at radius 2 is 1.17 bits per heavy atom. The fourth-order valence-electron chi connectivity index (χ4n) is 3.78. The van der Waals surface area contributed by atoms with Crippen LogP contribution in [0.3, 0.4) is 0 Å². The molecule has 0 aliphatic heterocycles. The van der Waals surface area contributed by atoms with Gasteiger partial charge in [0.15, 0.2) is 0 Å². The molecular weight excluding hydrogens is 484 g/mol. The van der Waals surface area contributed by atoms with Gasteiger partial charge < -0.3 is 37.0 Å². The lowest BCUT2D eigenvalue weighted by Gasteiger charge is -2.29. The van der Waals surface area contributed by atoms with Gasteiger partial charge in [-0.3, -0.25) is 24.0 Å². The van der Waals surface area contributed by atoms with Crippen molar-refractivity contribution in [3.63, 3.8) is 0 Å². The number of nitrogens with one attached hydrogen (secondary N) is 3. The molecule has 4 atom stereocenters. The predicted molar refractivity (Wildman–Crippen MR) is 126 cm³/mol. The predicted octanol–water partition coefficient (Wildman–Crippen LogP) is -0.908. The van der Waals surface area contributed by atoms with E-state index in [4.69, 9.17) is 21.1 Å². The van der Waals surface area contributed by atoms with Crippen molar-refractivity contribution in [3.05, 3.63) is 0 Å². The average molecular weight is 519 g/mol. The number of amides is 3. The molecule has 14 heteroatoms. The van der Waals surface area contributed by atoms with Crippen molar-refractivity contribution >= 4 is 48.3 Å². The number of nitrogens with two attached hydrogens (primary N) is 1. The van der Waals surface area contributed by atoms with Crippen LogP contribution in [-0.4, -0.2) is 80.9 Å². The Hall–Kier alpha value is -2.87.